The molecule has 0 fully saturated rings. The Morgan fingerprint density at radius 3 is 2.29 bits per heavy atom. The van der Waals surface area contributed by atoms with E-state index in [1.807, 2.05) is 32.3 Å². The van der Waals surface area contributed by atoms with Crippen LogP contribution in [0.4, 0.5) is 4.79 Å². The SMILES string of the molecule is CCNC(=O)NC(=O)[C@@H](OC(=O)c1cc(C)n(C(C)C)c1C)c1ccccc1. The zero-order valence-corrected chi connectivity index (χ0v) is 16.9. The van der Waals surface area contributed by atoms with E-state index in [9.17, 15) is 14.4 Å². The highest BCUT2D eigenvalue weighted by Crippen LogP contribution is 2.24. The molecule has 0 unspecified atom stereocenters. The van der Waals surface area contributed by atoms with Crippen LogP contribution >= 0.6 is 0 Å². The monoisotopic (exact) mass is 385 g/mol. The molecular weight excluding hydrogens is 358 g/mol. The van der Waals surface area contributed by atoms with Crippen LogP contribution in [0.2, 0.25) is 0 Å². The number of aryl methyl sites for hydroxylation is 1. The van der Waals surface area contributed by atoms with Gasteiger partial charge in [-0.1, -0.05) is 30.3 Å². The summed E-state index contributed by atoms with van der Waals surface area (Å²) < 4.78 is 7.58. The molecule has 1 aromatic carbocycles. The maximum atomic E-state index is 12.8. The predicted octanol–water partition coefficient (Wildman–Crippen LogP) is 3.43. The molecule has 150 valence electrons. The highest BCUT2D eigenvalue weighted by molar-refractivity contribution is 5.99. The van der Waals surface area contributed by atoms with Gasteiger partial charge in [0.05, 0.1) is 5.56 Å². The maximum absolute atomic E-state index is 12.8. The van der Waals surface area contributed by atoms with Gasteiger partial charge in [0.1, 0.15) is 0 Å². The van der Waals surface area contributed by atoms with Crippen LogP contribution in [0.1, 0.15) is 60.2 Å². The molecule has 0 aliphatic carbocycles. The molecule has 0 aliphatic rings. The van der Waals surface area contributed by atoms with E-state index in [1.165, 1.54) is 0 Å². The van der Waals surface area contributed by atoms with Gasteiger partial charge in [0.25, 0.3) is 5.91 Å². The number of nitrogens with one attached hydrogen (secondary N) is 2. The van der Waals surface area contributed by atoms with Crippen molar-refractivity contribution >= 4 is 17.9 Å². The van der Waals surface area contributed by atoms with Crippen LogP contribution < -0.4 is 10.6 Å². The zero-order chi connectivity index (χ0) is 20.8. The van der Waals surface area contributed by atoms with Gasteiger partial charge in [-0.05, 0) is 40.7 Å². The number of benzene rings is 1. The van der Waals surface area contributed by atoms with E-state index >= 15 is 0 Å². The molecule has 3 amide bonds. The van der Waals surface area contributed by atoms with Gasteiger partial charge in [0, 0.05) is 29.5 Å². The van der Waals surface area contributed by atoms with E-state index in [1.54, 1.807) is 43.3 Å². The average molecular weight is 385 g/mol. The van der Waals surface area contributed by atoms with E-state index < -0.39 is 24.0 Å². The van der Waals surface area contributed by atoms with Crippen molar-refractivity contribution < 1.29 is 19.1 Å². The second-order valence-corrected chi connectivity index (χ2v) is 6.79. The van der Waals surface area contributed by atoms with Gasteiger partial charge in [-0.3, -0.25) is 10.1 Å². The number of imide groups is 1. The molecule has 2 N–H and O–H groups in total. The first kappa shape index (κ1) is 21.2. The summed E-state index contributed by atoms with van der Waals surface area (Å²) in [6.07, 6.45) is -1.24. The third-order valence-corrected chi connectivity index (χ3v) is 4.36. The lowest BCUT2D eigenvalue weighted by Crippen LogP contribution is -2.42. The van der Waals surface area contributed by atoms with Crippen molar-refractivity contribution in [2.75, 3.05) is 6.54 Å². The smallest absolute Gasteiger partial charge is 0.341 e. The fraction of sp³-hybridized carbons (Fsp3) is 0.381. The van der Waals surface area contributed by atoms with Gasteiger partial charge in [-0.15, -0.1) is 0 Å². The number of urea groups is 1. The first-order chi connectivity index (χ1) is 13.3. The lowest BCUT2D eigenvalue weighted by molar-refractivity contribution is -0.129. The van der Waals surface area contributed by atoms with Crippen molar-refractivity contribution in [2.45, 2.75) is 46.8 Å². The number of nitrogens with zero attached hydrogens (tertiary/aromatic N) is 1. The number of amides is 3. The van der Waals surface area contributed by atoms with Gasteiger partial charge >= 0.3 is 12.0 Å². The van der Waals surface area contributed by atoms with E-state index in [4.69, 9.17) is 4.74 Å². The minimum absolute atomic E-state index is 0.188. The maximum Gasteiger partial charge on any atom is 0.341 e. The molecule has 1 heterocycles. The number of aromatic nitrogens is 1. The molecule has 2 rings (SSSR count). The van der Waals surface area contributed by atoms with Crippen LogP contribution in [-0.2, 0) is 9.53 Å². The largest absolute Gasteiger partial charge is 0.444 e. The zero-order valence-electron chi connectivity index (χ0n) is 16.9. The van der Waals surface area contributed by atoms with Crippen molar-refractivity contribution in [1.29, 1.82) is 0 Å². The fourth-order valence-electron chi connectivity index (χ4n) is 3.23. The lowest BCUT2D eigenvalue weighted by Gasteiger charge is -2.18. The molecule has 0 radical (unpaired) electrons. The van der Waals surface area contributed by atoms with Crippen molar-refractivity contribution in [3.8, 4) is 0 Å². The summed E-state index contributed by atoms with van der Waals surface area (Å²) >= 11 is 0. The quantitative estimate of drug-likeness (QED) is 0.746. The topological polar surface area (TPSA) is 89.4 Å². The van der Waals surface area contributed by atoms with Crippen LogP contribution in [0.25, 0.3) is 0 Å². The summed E-state index contributed by atoms with van der Waals surface area (Å²) in [6.45, 7) is 9.93. The molecule has 0 bridgehead atoms. The van der Waals surface area contributed by atoms with Gasteiger partial charge < -0.3 is 14.6 Å². The second kappa shape index (κ2) is 9.21. The average Bonchev–Trinajstić information content (AvgIpc) is 2.94. The Morgan fingerprint density at radius 2 is 1.75 bits per heavy atom. The van der Waals surface area contributed by atoms with Gasteiger partial charge in [-0.25, -0.2) is 9.59 Å². The van der Waals surface area contributed by atoms with Crippen LogP contribution in [0, 0.1) is 13.8 Å². The first-order valence-corrected chi connectivity index (χ1v) is 9.29. The first-order valence-electron chi connectivity index (χ1n) is 9.29. The number of hydrogen-bond donors (Lipinski definition) is 2. The molecule has 0 saturated heterocycles. The lowest BCUT2D eigenvalue weighted by atomic mass is 10.1. The predicted molar refractivity (Wildman–Crippen MR) is 106 cm³/mol. The van der Waals surface area contributed by atoms with E-state index in [2.05, 4.69) is 10.6 Å². The highest BCUT2D eigenvalue weighted by Gasteiger charge is 2.28. The Bertz CT molecular complexity index is 856. The van der Waals surface area contributed by atoms with Crippen LogP contribution in [0.15, 0.2) is 36.4 Å². The van der Waals surface area contributed by atoms with Crippen LogP contribution in [-0.4, -0.2) is 29.0 Å². The number of hydrogen-bond acceptors (Lipinski definition) is 4. The van der Waals surface area contributed by atoms with Crippen molar-refractivity contribution in [3.05, 3.63) is 58.9 Å². The number of esters is 1. The van der Waals surface area contributed by atoms with Gasteiger partial charge in [-0.2, -0.15) is 0 Å². The number of carbonyl (C=O) groups is 3. The molecule has 1 atom stereocenters. The third kappa shape index (κ3) is 4.79. The summed E-state index contributed by atoms with van der Waals surface area (Å²) in [5.74, 6) is -1.32. The van der Waals surface area contributed by atoms with E-state index in [0.717, 1.165) is 11.4 Å². The molecule has 2 aromatic rings. The Morgan fingerprint density at radius 1 is 1.11 bits per heavy atom. The third-order valence-electron chi connectivity index (χ3n) is 4.36. The molecule has 0 saturated carbocycles. The molecule has 7 heteroatoms. The highest BCUT2D eigenvalue weighted by atomic mass is 16.5. The molecule has 0 aliphatic heterocycles. The Labute approximate surface area is 165 Å². The molecule has 28 heavy (non-hydrogen) atoms. The fourth-order valence-corrected chi connectivity index (χ4v) is 3.23. The second-order valence-electron chi connectivity index (χ2n) is 6.79. The standard InChI is InChI=1S/C21H27N3O4/c1-6-22-21(27)23-19(25)18(16-10-8-7-9-11-16)28-20(26)17-12-14(4)24(13(2)3)15(17)5/h7-13,18H,6H2,1-5H3,(H2,22,23,25,27)/t18-/m0/s1. The minimum Gasteiger partial charge on any atom is -0.444 e. The Kier molecular flexibility index (Phi) is 6.98. The van der Waals surface area contributed by atoms with Crippen molar-refractivity contribution in [3.63, 3.8) is 0 Å². The van der Waals surface area contributed by atoms with Gasteiger partial charge in [0.2, 0.25) is 6.10 Å². The summed E-state index contributed by atoms with van der Waals surface area (Å²) in [6, 6.07) is 9.91. The normalized spacial score (nSPS) is 11.8. The molecule has 0 spiro atoms. The molecule has 7 nitrogen and oxygen atoms in total. The number of rotatable bonds is 6. The minimum atomic E-state index is -1.24. The summed E-state index contributed by atoms with van der Waals surface area (Å²) in [5, 5.41) is 4.70. The number of ether oxygens (including phenoxy) is 1. The van der Waals surface area contributed by atoms with Gasteiger partial charge in [0.15, 0.2) is 0 Å². The Hall–Kier alpha value is -3.09. The van der Waals surface area contributed by atoms with Crippen molar-refractivity contribution in [1.82, 2.24) is 15.2 Å². The van der Waals surface area contributed by atoms with Crippen LogP contribution in [0.5, 0.6) is 0 Å². The summed E-state index contributed by atoms with van der Waals surface area (Å²) in [7, 11) is 0. The van der Waals surface area contributed by atoms with Crippen LogP contribution in [0.3, 0.4) is 0 Å². The molecular formula is C21H27N3O4. The van der Waals surface area contributed by atoms with Crippen molar-refractivity contribution in [2.24, 2.45) is 0 Å². The Balaban J connectivity index is 2.30. The summed E-state index contributed by atoms with van der Waals surface area (Å²) in [5.41, 5.74) is 2.59. The van der Waals surface area contributed by atoms with E-state index in [-0.39, 0.29) is 6.04 Å². The van der Waals surface area contributed by atoms with E-state index in [0.29, 0.717) is 17.7 Å². The number of carbonyl (C=O) groups excluding carboxylic acids is 3. The molecule has 1 aromatic heterocycles. The summed E-state index contributed by atoms with van der Waals surface area (Å²) in [4.78, 5) is 37.2.